The van der Waals surface area contributed by atoms with E-state index in [2.05, 4.69) is 20.8 Å². The second-order valence-corrected chi connectivity index (χ2v) is 6.28. The Morgan fingerprint density at radius 2 is 1.63 bits per heavy atom. The van der Waals surface area contributed by atoms with Crippen LogP contribution in [0, 0.1) is 0 Å². The molecule has 1 aromatic rings. The normalized spacial score (nSPS) is 12.3. The number of carbonyl (C=O) groups excluding carboxylic acids is 1. The lowest BCUT2D eigenvalue weighted by atomic mass is 9.82. The van der Waals surface area contributed by atoms with Gasteiger partial charge in [-0.2, -0.15) is 0 Å². The van der Waals surface area contributed by atoms with E-state index in [0.717, 1.165) is 12.0 Å². The maximum Gasteiger partial charge on any atom is 0.232 e. The maximum absolute atomic E-state index is 12.8. The van der Waals surface area contributed by atoms with Crippen LogP contribution in [-0.4, -0.2) is 23.4 Å². The molecule has 3 nitrogen and oxygen atoms in total. The van der Waals surface area contributed by atoms with Crippen LogP contribution < -0.4 is 5.73 Å². The van der Waals surface area contributed by atoms with Gasteiger partial charge >= 0.3 is 0 Å². The molecule has 0 unspecified atom stereocenters. The number of hydrogen-bond acceptors (Lipinski definition) is 2. The average molecular weight is 262 g/mol. The van der Waals surface area contributed by atoms with Crippen molar-refractivity contribution in [2.24, 2.45) is 0 Å². The minimum atomic E-state index is -0.547. The topological polar surface area (TPSA) is 46.3 Å². The Labute approximate surface area is 116 Å². The van der Waals surface area contributed by atoms with Gasteiger partial charge in [0, 0.05) is 18.3 Å². The highest BCUT2D eigenvalue weighted by molar-refractivity contribution is 5.87. The molecule has 0 aliphatic heterocycles. The van der Waals surface area contributed by atoms with Crippen LogP contribution in [0.4, 0.5) is 5.69 Å². The quantitative estimate of drug-likeness (QED) is 0.847. The minimum absolute atomic E-state index is 0.129. The smallest absolute Gasteiger partial charge is 0.232 e. The second-order valence-electron chi connectivity index (χ2n) is 6.28. The second kappa shape index (κ2) is 5.24. The Morgan fingerprint density at radius 1 is 1.16 bits per heavy atom. The molecular weight excluding hydrogens is 236 g/mol. The molecule has 1 rings (SSSR count). The molecule has 0 atom stereocenters. The standard InChI is InChI=1S/C16H26N2O/c1-7-15(2,3)18(6)14(19)16(4,5)12-8-10-13(17)11-9-12/h8-11H,7,17H2,1-6H3. The van der Waals surface area contributed by atoms with Gasteiger partial charge in [-0.3, -0.25) is 4.79 Å². The summed E-state index contributed by atoms with van der Waals surface area (Å²) < 4.78 is 0. The molecule has 3 heteroatoms. The number of anilines is 1. The highest BCUT2D eigenvalue weighted by Crippen LogP contribution is 2.29. The molecule has 0 saturated heterocycles. The summed E-state index contributed by atoms with van der Waals surface area (Å²) in [7, 11) is 1.88. The van der Waals surface area contributed by atoms with Gasteiger partial charge in [-0.05, 0) is 51.8 Å². The summed E-state index contributed by atoms with van der Waals surface area (Å²) >= 11 is 0. The summed E-state index contributed by atoms with van der Waals surface area (Å²) in [5.74, 6) is 0.129. The summed E-state index contributed by atoms with van der Waals surface area (Å²) in [4.78, 5) is 14.6. The highest BCUT2D eigenvalue weighted by Gasteiger charge is 2.37. The third-order valence-electron chi connectivity index (χ3n) is 4.24. The van der Waals surface area contributed by atoms with Gasteiger partial charge in [0.05, 0.1) is 5.41 Å². The van der Waals surface area contributed by atoms with Gasteiger partial charge < -0.3 is 10.6 Å². The fourth-order valence-corrected chi connectivity index (χ4v) is 1.95. The SMILES string of the molecule is CCC(C)(C)N(C)C(=O)C(C)(C)c1ccc(N)cc1. The van der Waals surface area contributed by atoms with Crippen LogP contribution in [0.2, 0.25) is 0 Å². The molecule has 1 aromatic carbocycles. The molecule has 0 aromatic heterocycles. The van der Waals surface area contributed by atoms with Crippen molar-refractivity contribution < 1.29 is 4.79 Å². The summed E-state index contributed by atoms with van der Waals surface area (Å²) in [6.45, 7) is 10.2. The molecule has 0 radical (unpaired) electrons. The van der Waals surface area contributed by atoms with E-state index in [-0.39, 0.29) is 11.4 Å². The van der Waals surface area contributed by atoms with Gasteiger partial charge in [0.25, 0.3) is 0 Å². The van der Waals surface area contributed by atoms with Crippen molar-refractivity contribution in [2.75, 3.05) is 12.8 Å². The summed E-state index contributed by atoms with van der Waals surface area (Å²) in [5, 5.41) is 0. The first-order valence-electron chi connectivity index (χ1n) is 6.77. The van der Waals surface area contributed by atoms with Crippen molar-refractivity contribution in [3.8, 4) is 0 Å². The van der Waals surface area contributed by atoms with Crippen LogP contribution in [0.1, 0.15) is 46.6 Å². The number of rotatable bonds is 4. The lowest BCUT2D eigenvalue weighted by Crippen LogP contribution is -2.51. The zero-order chi connectivity index (χ0) is 14.8. The molecule has 0 spiro atoms. The Balaban J connectivity index is 3.06. The third kappa shape index (κ3) is 3.09. The van der Waals surface area contributed by atoms with Crippen molar-refractivity contribution >= 4 is 11.6 Å². The maximum atomic E-state index is 12.8. The van der Waals surface area contributed by atoms with Crippen LogP contribution in [0.3, 0.4) is 0 Å². The molecule has 0 bridgehead atoms. The summed E-state index contributed by atoms with van der Waals surface area (Å²) in [5.41, 5.74) is 6.73. The van der Waals surface area contributed by atoms with E-state index in [1.807, 2.05) is 50.1 Å². The first kappa shape index (κ1) is 15.5. The van der Waals surface area contributed by atoms with Crippen LogP contribution in [0.15, 0.2) is 24.3 Å². The first-order valence-corrected chi connectivity index (χ1v) is 6.77. The Kier molecular flexibility index (Phi) is 4.28. The van der Waals surface area contributed by atoms with Crippen LogP contribution in [0.5, 0.6) is 0 Å². The molecule has 0 aliphatic carbocycles. The van der Waals surface area contributed by atoms with Crippen molar-refractivity contribution in [3.63, 3.8) is 0 Å². The third-order valence-corrected chi connectivity index (χ3v) is 4.24. The fraction of sp³-hybridized carbons (Fsp3) is 0.562. The molecular formula is C16H26N2O. The number of benzene rings is 1. The molecule has 1 amide bonds. The van der Waals surface area contributed by atoms with Crippen LogP contribution in [0.25, 0.3) is 0 Å². The van der Waals surface area contributed by atoms with Gasteiger partial charge in [-0.1, -0.05) is 19.1 Å². The zero-order valence-corrected chi connectivity index (χ0v) is 12.9. The largest absolute Gasteiger partial charge is 0.399 e. The Morgan fingerprint density at radius 3 is 2.05 bits per heavy atom. The van der Waals surface area contributed by atoms with E-state index in [0.29, 0.717) is 5.69 Å². The summed E-state index contributed by atoms with van der Waals surface area (Å²) in [6, 6.07) is 7.55. The van der Waals surface area contributed by atoms with Crippen molar-refractivity contribution in [1.82, 2.24) is 4.90 Å². The van der Waals surface area contributed by atoms with E-state index < -0.39 is 5.41 Å². The first-order chi connectivity index (χ1) is 8.63. The van der Waals surface area contributed by atoms with Gasteiger partial charge in [-0.15, -0.1) is 0 Å². The number of likely N-dealkylation sites (N-methyl/N-ethyl adjacent to an activating group) is 1. The van der Waals surface area contributed by atoms with E-state index in [1.54, 1.807) is 0 Å². The molecule has 0 saturated carbocycles. The minimum Gasteiger partial charge on any atom is -0.399 e. The molecule has 0 heterocycles. The number of nitrogens with zero attached hydrogens (tertiary/aromatic N) is 1. The van der Waals surface area contributed by atoms with Gasteiger partial charge in [0.1, 0.15) is 0 Å². The lowest BCUT2D eigenvalue weighted by molar-refractivity contribution is -0.139. The van der Waals surface area contributed by atoms with Crippen LogP contribution >= 0.6 is 0 Å². The number of hydrogen-bond donors (Lipinski definition) is 1. The van der Waals surface area contributed by atoms with E-state index in [9.17, 15) is 4.79 Å². The predicted octanol–water partition coefficient (Wildman–Crippen LogP) is 3.19. The van der Waals surface area contributed by atoms with E-state index in [1.165, 1.54) is 0 Å². The number of amides is 1. The van der Waals surface area contributed by atoms with E-state index >= 15 is 0 Å². The number of carbonyl (C=O) groups is 1. The monoisotopic (exact) mass is 262 g/mol. The van der Waals surface area contributed by atoms with Gasteiger partial charge in [-0.25, -0.2) is 0 Å². The number of nitrogens with two attached hydrogens (primary N) is 1. The van der Waals surface area contributed by atoms with Gasteiger partial charge in [0.15, 0.2) is 0 Å². The number of nitrogen functional groups attached to an aromatic ring is 1. The Hall–Kier alpha value is -1.51. The Bertz CT molecular complexity index is 446. The molecule has 0 fully saturated rings. The lowest BCUT2D eigenvalue weighted by Gasteiger charge is -2.40. The highest BCUT2D eigenvalue weighted by atomic mass is 16.2. The van der Waals surface area contributed by atoms with Crippen molar-refractivity contribution in [2.45, 2.75) is 52.0 Å². The zero-order valence-electron chi connectivity index (χ0n) is 12.9. The van der Waals surface area contributed by atoms with Gasteiger partial charge in [0.2, 0.25) is 5.91 Å². The molecule has 19 heavy (non-hydrogen) atoms. The average Bonchev–Trinajstić information content (AvgIpc) is 2.37. The van der Waals surface area contributed by atoms with Crippen LogP contribution in [-0.2, 0) is 10.2 Å². The van der Waals surface area contributed by atoms with E-state index in [4.69, 9.17) is 5.73 Å². The van der Waals surface area contributed by atoms with Crippen molar-refractivity contribution in [1.29, 1.82) is 0 Å². The fourth-order valence-electron chi connectivity index (χ4n) is 1.95. The summed E-state index contributed by atoms with van der Waals surface area (Å²) in [6.07, 6.45) is 0.924. The predicted molar refractivity (Wildman–Crippen MR) is 81.0 cm³/mol. The molecule has 2 N–H and O–H groups in total. The molecule has 106 valence electrons. The molecule has 0 aliphatic rings. The van der Waals surface area contributed by atoms with Crippen molar-refractivity contribution in [3.05, 3.63) is 29.8 Å².